The van der Waals surface area contributed by atoms with Crippen LogP contribution in [0.25, 0.3) is 0 Å². The number of nitriles is 2. The molecule has 5 N–H and O–H groups in total. The molecule has 8 rings (SSSR count). The molecule has 19 heteroatoms. The Kier molecular flexibility index (Phi) is 14.2. The molecular formula is C44H36Cl2F6N6O3S2. The monoisotopic (exact) mass is 944 g/mol. The van der Waals surface area contributed by atoms with Gasteiger partial charge in [0.2, 0.25) is 0 Å². The zero-order valence-corrected chi connectivity index (χ0v) is 36.2. The largest absolute Gasteiger partial charge is 0.416 e. The third kappa shape index (κ3) is 9.25. The molecule has 4 aliphatic rings. The molecule has 2 aromatic heterocycles. The van der Waals surface area contributed by atoms with Crippen molar-refractivity contribution in [1.29, 1.82) is 10.5 Å². The fourth-order valence-corrected chi connectivity index (χ4v) is 10.0. The van der Waals surface area contributed by atoms with E-state index in [1.54, 1.807) is 6.92 Å². The van der Waals surface area contributed by atoms with Crippen LogP contribution in [-0.2, 0) is 21.9 Å². The van der Waals surface area contributed by atoms with E-state index in [0.717, 1.165) is 46.2 Å². The zero-order chi connectivity index (χ0) is 46.0. The van der Waals surface area contributed by atoms with E-state index < -0.39 is 35.3 Å². The minimum Gasteiger partial charge on any atom is -0.397 e. The van der Waals surface area contributed by atoms with Crippen molar-refractivity contribution in [3.63, 3.8) is 0 Å². The first-order valence-corrected chi connectivity index (χ1v) is 21.7. The van der Waals surface area contributed by atoms with Crippen LogP contribution in [0.1, 0.15) is 78.2 Å². The van der Waals surface area contributed by atoms with E-state index in [1.165, 1.54) is 32.5 Å². The Labute approximate surface area is 376 Å². The number of Topliss-reactive ketones (excluding diaryl/α,β-unsaturated/α-hetero) is 2. The number of carbonyl (C=O) groups excluding carboxylic acids is 2. The Morgan fingerprint density at radius 3 is 1.37 bits per heavy atom. The number of allylic oxidation sites excluding steroid dienone is 6. The molecular weight excluding hydrogens is 910 g/mol. The average molecular weight is 946 g/mol. The highest BCUT2D eigenvalue weighted by atomic mass is 35.5. The molecule has 63 heavy (non-hydrogen) atoms. The Morgan fingerprint density at radius 2 is 1.06 bits per heavy atom. The maximum atomic E-state index is 13.3. The smallest absolute Gasteiger partial charge is 0.397 e. The fraction of sp³-hybridized carbons (Fsp3) is 0.273. The van der Waals surface area contributed by atoms with E-state index in [9.17, 15) is 46.5 Å². The molecule has 2 aliphatic carbocycles. The van der Waals surface area contributed by atoms with Crippen molar-refractivity contribution in [2.75, 3.05) is 16.4 Å². The van der Waals surface area contributed by atoms with Gasteiger partial charge in [-0.15, -0.1) is 22.7 Å². The second-order valence-electron chi connectivity index (χ2n) is 14.3. The minimum atomic E-state index is -4.58. The number of hydrogen-bond donors (Lipinski definition) is 3. The van der Waals surface area contributed by atoms with Gasteiger partial charge in [-0.2, -0.15) is 36.9 Å². The molecule has 4 heterocycles. The lowest BCUT2D eigenvalue weighted by Gasteiger charge is -2.39. The highest BCUT2D eigenvalue weighted by molar-refractivity contribution is 7.10. The minimum absolute atomic E-state index is 0.00331. The third-order valence-corrected chi connectivity index (χ3v) is 13.0. The lowest BCUT2D eigenvalue weighted by Crippen LogP contribution is -2.38. The molecule has 2 atom stereocenters. The zero-order valence-electron chi connectivity index (χ0n) is 33.1. The number of alkyl halides is 6. The van der Waals surface area contributed by atoms with Gasteiger partial charge in [0.15, 0.2) is 11.6 Å². The summed E-state index contributed by atoms with van der Waals surface area (Å²) in [5.41, 5.74) is 13.0. The Morgan fingerprint density at radius 1 is 0.698 bits per heavy atom. The fourth-order valence-electron chi connectivity index (χ4n) is 7.92. The van der Waals surface area contributed by atoms with E-state index in [2.05, 4.69) is 12.1 Å². The van der Waals surface area contributed by atoms with E-state index in [1.807, 2.05) is 35.0 Å². The number of benzene rings is 2. The van der Waals surface area contributed by atoms with Gasteiger partial charge < -0.3 is 16.6 Å². The van der Waals surface area contributed by atoms with Gasteiger partial charge in [-0.1, -0.05) is 35.3 Å². The Bertz CT molecular complexity index is 2460. The molecule has 0 fully saturated rings. The SMILES string of the molecule is CCO.N#CC1=C(N)N(c2cc(C(F)(F)F)ccc2Cl)C2=C(C(=O)CCC2)C1c1cccs1.N#CC1=C(N)N(c2cc(C(F)(F)F)ccc2Cl)C2=C(C(=O)CCC2)C1c1cccs1. The van der Waals surface area contributed by atoms with Gasteiger partial charge in [-0.3, -0.25) is 19.4 Å². The van der Waals surface area contributed by atoms with Gasteiger partial charge in [0.25, 0.3) is 0 Å². The number of ketones is 2. The van der Waals surface area contributed by atoms with Gasteiger partial charge in [-0.05, 0) is 91.9 Å². The van der Waals surface area contributed by atoms with Crippen molar-refractivity contribution in [3.8, 4) is 12.1 Å². The molecule has 4 aromatic rings. The first-order chi connectivity index (χ1) is 29.9. The van der Waals surface area contributed by atoms with Crippen molar-refractivity contribution < 1.29 is 41.0 Å². The molecule has 2 aliphatic heterocycles. The van der Waals surface area contributed by atoms with E-state index in [0.29, 0.717) is 61.1 Å². The van der Waals surface area contributed by atoms with Crippen molar-refractivity contribution >= 4 is 68.8 Å². The molecule has 0 saturated carbocycles. The highest BCUT2D eigenvalue weighted by Crippen LogP contribution is 2.51. The average Bonchev–Trinajstić information content (AvgIpc) is 3.97. The van der Waals surface area contributed by atoms with Crippen molar-refractivity contribution in [2.24, 2.45) is 11.5 Å². The summed E-state index contributed by atoms with van der Waals surface area (Å²) in [7, 11) is 0. The summed E-state index contributed by atoms with van der Waals surface area (Å²) in [6, 6.07) is 17.3. The molecule has 0 spiro atoms. The van der Waals surface area contributed by atoms with Gasteiger partial charge >= 0.3 is 12.4 Å². The number of rotatable bonds is 4. The van der Waals surface area contributed by atoms with Gasteiger partial charge in [0.1, 0.15) is 11.6 Å². The van der Waals surface area contributed by atoms with Crippen LogP contribution in [0.15, 0.2) is 117 Å². The quantitative estimate of drug-likeness (QED) is 0.169. The van der Waals surface area contributed by atoms with Crippen LogP contribution < -0.4 is 21.3 Å². The van der Waals surface area contributed by atoms with Crippen LogP contribution in [0.5, 0.6) is 0 Å². The van der Waals surface area contributed by atoms with Crippen LogP contribution in [-0.4, -0.2) is 23.3 Å². The predicted molar refractivity (Wildman–Crippen MR) is 230 cm³/mol. The second kappa shape index (κ2) is 19.0. The first-order valence-electron chi connectivity index (χ1n) is 19.2. The summed E-state index contributed by atoms with van der Waals surface area (Å²) in [6.45, 7) is 1.93. The summed E-state index contributed by atoms with van der Waals surface area (Å²) in [4.78, 5) is 30.1. The molecule has 2 aromatic carbocycles. The number of aliphatic hydroxyl groups excluding tert-OH is 1. The van der Waals surface area contributed by atoms with Crippen LogP contribution in [0.4, 0.5) is 37.7 Å². The van der Waals surface area contributed by atoms with Crippen LogP contribution in [0, 0.1) is 22.7 Å². The van der Waals surface area contributed by atoms with Crippen LogP contribution in [0.2, 0.25) is 10.0 Å². The molecule has 0 bridgehead atoms. The number of thiophene rings is 2. The third-order valence-electron chi connectivity index (χ3n) is 10.5. The van der Waals surface area contributed by atoms with Crippen molar-refractivity contribution in [3.05, 3.63) is 148 Å². The maximum absolute atomic E-state index is 13.3. The topological polar surface area (TPSA) is 160 Å². The molecule has 0 radical (unpaired) electrons. The summed E-state index contributed by atoms with van der Waals surface area (Å²) in [5.74, 6) is -1.54. The number of nitrogens with two attached hydrogens (primary N) is 2. The summed E-state index contributed by atoms with van der Waals surface area (Å²) < 4.78 is 80.0. The molecule has 0 amide bonds. The van der Waals surface area contributed by atoms with E-state index in [-0.39, 0.29) is 62.4 Å². The maximum Gasteiger partial charge on any atom is 0.416 e. The van der Waals surface area contributed by atoms with Crippen molar-refractivity contribution in [1.82, 2.24) is 0 Å². The summed E-state index contributed by atoms with van der Waals surface area (Å²) in [6.07, 6.45) is -6.58. The van der Waals surface area contributed by atoms with E-state index in [4.69, 9.17) is 39.8 Å². The number of anilines is 2. The second-order valence-corrected chi connectivity index (χ2v) is 17.1. The van der Waals surface area contributed by atoms with Crippen LogP contribution in [0.3, 0.4) is 0 Å². The van der Waals surface area contributed by atoms with Gasteiger partial charge in [0, 0.05) is 51.7 Å². The highest BCUT2D eigenvalue weighted by Gasteiger charge is 2.44. The Balaban J connectivity index is 0.000000198. The predicted octanol–water partition coefficient (Wildman–Crippen LogP) is 11.4. The lowest BCUT2D eigenvalue weighted by atomic mass is 9.78. The number of hydrogen-bond acceptors (Lipinski definition) is 11. The van der Waals surface area contributed by atoms with Gasteiger partial charge in [-0.25, -0.2) is 0 Å². The molecule has 2 unspecified atom stereocenters. The van der Waals surface area contributed by atoms with Gasteiger partial charge in [0.05, 0.1) is 67.7 Å². The molecule has 0 saturated heterocycles. The number of carbonyl (C=O) groups is 2. The number of halogens is 8. The molecule has 328 valence electrons. The lowest BCUT2D eigenvalue weighted by molar-refractivity contribution is -0.138. The number of nitrogens with zero attached hydrogens (tertiary/aromatic N) is 4. The number of aliphatic hydroxyl groups is 1. The normalized spacial score (nSPS) is 19.1. The summed E-state index contributed by atoms with van der Waals surface area (Å²) in [5, 5.41) is 31.1. The van der Waals surface area contributed by atoms with Crippen LogP contribution >= 0.6 is 45.9 Å². The van der Waals surface area contributed by atoms with Crippen molar-refractivity contribution in [2.45, 2.75) is 69.6 Å². The first kappa shape index (κ1) is 46.9. The molecule has 9 nitrogen and oxygen atoms in total. The Hall–Kier alpha value is -5.56. The summed E-state index contributed by atoms with van der Waals surface area (Å²) >= 11 is 15.3. The standard InChI is InChI=1S/2C21H15ClF3N3OS.C2H6O/c2*22-13-7-6-11(21(23,24)25)9-15(13)28-14-3-1-4-16(29)19(14)18(12(10-26)20(28)27)17-5-2-8-30-17;1-2-3/h2*2,5-9,18H,1,3-4,27H2;3H,2H2,1H3. The van der Waals surface area contributed by atoms with E-state index >= 15 is 0 Å².